The van der Waals surface area contributed by atoms with Crippen LogP contribution in [0.25, 0.3) is 0 Å². The Morgan fingerprint density at radius 2 is 1.30 bits per heavy atom. The molecule has 60 heavy (non-hydrogen) atoms. The van der Waals surface area contributed by atoms with Crippen LogP contribution in [-0.2, 0) is 46.5 Å². The summed E-state index contributed by atoms with van der Waals surface area (Å²) in [7, 11) is -13.2. The fraction of sp³-hybridized carbons (Fsp3) is 0.953. The topological polar surface area (TPSA) is 108 Å². The third-order valence-corrected chi connectivity index (χ3v) is 31.6. The lowest BCUT2D eigenvalue weighted by atomic mass is 9.76. The van der Waals surface area contributed by atoms with Crippen molar-refractivity contribution in [3.8, 4) is 0 Å². The highest BCUT2D eigenvalue weighted by Gasteiger charge is 2.64. The lowest BCUT2D eigenvalue weighted by Crippen LogP contribution is -2.64. The third-order valence-electron chi connectivity index (χ3n) is 15.5. The van der Waals surface area contributed by atoms with Gasteiger partial charge in [0.05, 0.1) is 49.3 Å². The maximum Gasteiger partial charge on any atom is 0.534 e. The van der Waals surface area contributed by atoms with Crippen molar-refractivity contribution < 1.29 is 58.0 Å². The molecule has 17 heteroatoms. The van der Waals surface area contributed by atoms with Crippen molar-refractivity contribution in [3.05, 3.63) is 12.3 Å². The van der Waals surface area contributed by atoms with Gasteiger partial charge in [-0.25, -0.2) is 0 Å². The van der Waals surface area contributed by atoms with Crippen LogP contribution in [0.3, 0.4) is 0 Å². The van der Waals surface area contributed by atoms with Crippen molar-refractivity contribution in [2.75, 3.05) is 6.61 Å². The average molecular weight is 931 g/mol. The van der Waals surface area contributed by atoms with Gasteiger partial charge in [-0.15, -0.1) is 0 Å². The summed E-state index contributed by atoms with van der Waals surface area (Å²) in [6, 6.07) is 0. The highest BCUT2D eigenvalue weighted by molar-refractivity contribution is 7.87. The maximum absolute atomic E-state index is 13.5. The Morgan fingerprint density at radius 1 is 0.783 bits per heavy atom. The van der Waals surface area contributed by atoms with Gasteiger partial charge in [0.2, 0.25) is 8.32 Å². The van der Waals surface area contributed by atoms with E-state index >= 15 is 0 Å². The monoisotopic (exact) mass is 930 g/mol. The molecule has 4 aliphatic heterocycles. The van der Waals surface area contributed by atoms with Crippen molar-refractivity contribution >= 4 is 35.1 Å². The molecular weight excluding hydrogens is 850 g/mol. The summed E-state index contributed by atoms with van der Waals surface area (Å²) in [6.07, 6.45) is -3.67. The highest BCUT2D eigenvalue weighted by atomic mass is 32.2. The number of alkyl halides is 3. The van der Waals surface area contributed by atoms with E-state index in [2.05, 4.69) is 141 Å². The number of hydrogen-bond acceptors (Lipinski definition) is 10. The van der Waals surface area contributed by atoms with Crippen LogP contribution < -0.4 is 0 Å². The highest BCUT2D eigenvalue weighted by Crippen LogP contribution is 2.54. The predicted molar refractivity (Wildman–Crippen MR) is 237 cm³/mol. The Balaban J connectivity index is 1.83. The molecule has 0 aromatic rings. The summed E-state index contributed by atoms with van der Waals surface area (Å²) >= 11 is 0. The number of fused-ring (bicyclic) bond motifs is 2. The van der Waals surface area contributed by atoms with Gasteiger partial charge in [0, 0.05) is 31.1 Å². The van der Waals surface area contributed by atoms with Gasteiger partial charge in [-0.3, -0.25) is 0 Å². The van der Waals surface area contributed by atoms with Gasteiger partial charge in [0.1, 0.15) is 11.9 Å². The van der Waals surface area contributed by atoms with Crippen LogP contribution in [0.4, 0.5) is 13.2 Å². The van der Waals surface area contributed by atoms with Gasteiger partial charge in [0.25, 0.3) is 0 Å². The van der Waals surface area contributed by atoms with Crippen molar-refractivity contribution in [3.63, 3.8) is 0 Å². The van der Waals surface area contributed by atoms with E-state index in [4.69, 9.17) is 32.2 Å². The minimum absolute atomic E-state index is 0.0214. The maximum atomic E-state index is 13.5. The molecule has 10 nitrogen and oxygen atoms in total. The first-order valence-electron chi connectivity index (χ1n) is 22.3. The number of rotatable bonds is 13. The number of ether oxygens (including phenoxy) is 4. The first-order valence-corrected chi connectivity index (χ1v) is 31.7. The van der Waals surface area contributed by atoms with Crippen LogP contribution in [0.1, 0.15) is 123 Å². The molecule has 4 aliphatic rings. The Hall–Kier alpha value is -0.349. The molecule has 12 atom stereocenters. The van der Waals surface area contributed by atoms with Crippen molar-refractivity contribution in [1.82, 2.24) is 0 Å². The van der Waals surface area contributed by atoms with Crippen LogP contribution in [-0.4, -0.2) is 100 Å². The summed E-state index contributed by atoms with van der Waals surface area (Å²) in [6.45, 7) is 45.8. The van der Waals surface area contributed by atoms with E-state index in [-0.39, 0.29) is 57.0 Å². The Morgan fingerprint density at radius 3 is 1.78 bits per heavy atom. The second-order valence-corrected chi connectivity index (χ2v) is 38.9. The van der Waals surface area contributed by atoms with Gasteiger partial charge in [-0.2, -0.15) is 21.6 Å². The van der Waals surface area contributed by atoms with E-state index < -0.39 is 94.9 Å². The van der Waals surface area contributed by atoms with E-state index in [9.17, 15) is 21.6 Å². The summed E-state index contributed by atoms with van der Waals surface area (Å²) in [5, 5.41) is -0.196. The van der Waals surface area contributed by atoms with Gasteiger partial charge in [-0.05, 0) is 58.8 Å². The predicted octanol–water partition coefficient (Wildman–Crippen LogP) is 11.4. The molecular formula is C43H81F3O10SSi3. The largest absolute Gasteiger partial charge is 0.534 e. The number of halogens is 3. The summed E-state index contributed by atoms with van der Waals surface area (Å²) in [5.74, 6) is -1.97. The Kier molecular flexibility index (Phi) is 15.5. The minimum Gasteiger partial charge on any atom is -0.411 e. The molecule has 352 valence electrons. The SMILES string of the molecule is C=C(C[C@@H]1O[C@@H]2[C@@H](C)[C@H](O[Si](C(C)C)(C(C)C)C(C)C)[C@@H]3O[C@]4(C[C@H](O[Si](C)(C)C(C)(C)C)CO4)[C@@H](C)[C@H](C)[C@H]3O[C@H]2C[C@H]1O[Si](C)(C)C(C)(C)C)OS(=O)(=O)C(F)(F)F. The van der Waals surface area contributed by atoms with E-state index in [0.29, 0.717) is 19.4 Å². The molecule has 0 saturated carbocycles. The molecule has 0 aromatic heterocycles. The van der Waals surface area contributed by atoms with Crippen LogP contribution in [0.2, 0.25) is 52.9 Å². The molecule has 4 fully saturated rings. The molecule has 4 saturated heterocycles. The lowest BCUT2D eigenvalue weighted by Gasteiger charge is -2.54. The molecule has 4 heterocycles. The van der Waals surface area contributed by atoms with Crippen LogP contribution in [0, 0.1) is 17.8 Å². The third kappa shape index (κ3) is 10.2. The molecule has 0 bridgehead atoms. The minimum atomic E-state index is -5.94. The molecule has 0 radical (unpaired) electrons. The zero-order valence-electron chi connectivity index (χ0n) is 40.2. The second kappa shape index (κ2) is 17.8. The van der Waals surface area contributed by atoms with Crippen molar-refractivity contribution in [2.45, 2.75) is 236 Å². The molecule has 0 aliphatic carbocycles. The smallest absolute Gasteiger partial charge is 0.411 e. The van der Waals surface area contributed by atoms with Crippen molar-refractivity contribution in [2.24, 2.45) is 17.8 Å². The first-order chi connectivity index (χ1) is 26.9. The van der Waals surface area contributed by atoms with Crippen LogP contribution >= 0.6 is 0 Å². The van der Waals surface area contributed by atoms with Gasteiger partial charge >= 0.3 is 15.6 Å². The van der Waals surface area contributed by atoms with E-state index in [1.807, 2.05) is 0 Å². The molecule has 0 unspecified atom stereocenters. The normalized spacial score (nSPS) is 35.2. The standard InChI is InChI=1S/C43H81F3O10SSi3/c1-25(2)60(26(3)4,27(5)6)56-38-30(9)36-35(22-34(55-59(19,20)41(14,15)16)33(50-36)21-28(7)53-57(47,48)43(44,45)46)51-37-29(8)31(10)42(52-39(37)38)23-32(24-49-42)54-58(17,18)40(11,12)13/h25-27,29-39H,7,21-24H2,1-6,8-20H3/t29-,30+,31-,32-,33-,34+,35-,36+,37+,38-,39+,42+/m0/s1. The fourth-order valence-electron chi connectivity index (χ4n) is 9.90. The van der Waals surface area contributed by atoms with Gasteiger partial charge in [0.15, 0.2) is 22.4 Å². The fourth-order valence-corrected chi connectivity index (χ4v) is 18.7. The zero-order valence-corrected chi connectivity index (χ0v) is 44.1. The Labute approximate surface area is 364 Å². The van der Waals surface area contributed by atoms with E-state index in [1.54, 1.807) is 0 Å². The molecule has 1 spiro atoms. The average Bonchev–Trinajstić information content (AvgIpc) is 3.41. The second-order valence-electron chi connectivity index (χ2n) is 22.5. The van der Waals surface area contributed by atoms with E-state index in [1.165, 1.54) is 0 Å². The van der Waals surface area contributed by atoms with E-state index in [0.717, 1.165) is 0 Å². The van der Waals surface area contributed by atoms with Gasteiger partial charge < -0.3 is 36.4 Å². The summed E-state index contributed by atoms with van der Waals surface area (Å²) < 4.78 is 119. The summed E-state index contributed by atoms with van der Waals surface area (Å²) in [5.41, 5.74) is -4.86. The zero-order chi connectivity index (χ0) is 46.1. The Bertz CT molecular complexity index is 1590. The van der Waals surface area contributed by atoms with Crippen LogP contribution in [0.5, 0.6) is 0 Å². The molecule has 4 rings (SSSR count). The molecule has 0 amide bonds. The molecule has 0 N–H and O–H groups in total. The quantitative estimate of drug-likeness (QED) is 0.0767. The van der Waals surface area contributed by atoms with Crippen LogP contribution in [0.15, 0.2) is 12.3 Å². The van der Waals surface area contributed by atoms with Gasteiger partial charge in [-0.1, -0.05) is 110 Å². The van der Waals surface area contributed by atoms with Crippen molar-refractivity contribution in [1.29, 1.82) is 0 Å². The number of hydrogen-bond donors (Lipinski definition) is 0. The molecule has 0 aromatic carbocycles. The lowest BCUT2D eigenvalue weighted by molar-refractivity contribution is -0.337. The first kappa shape index (κ1) is 52.3. The summed E-state index contributed by atoms with van der Waals surface area (Å²) in [4.78, 5) is 0.